The number of para-hydroxylation sites is 1. The second kappa shape index (κ2) is 8.00. The molecular formula is C15H21ClN2O3. The highest BCUT2D eigenvalue weighted by atomic mass is 35.5. The van der Waals surface area contributed by atoms with E-state index in [9.17, 15) is 9.59 Å². The number of likely N-dealkylation sites (tertiary alicyclic amines) is 1. The minimum atomic E-state index is -0.773. The first-order chi connectivity index (χ1) is 9.58. The molecule has 1 aliphatic rings. The van der Waals surface area contributed by atoms with Gasteiger partial charge in [-0.25, -0.2) is 0 Å². The number of carboxylic acids is 1. The summed E-state index contributed by atoms with van der Waals surface area (Å²) in [5.74, 6) is -1.23. The topological polar surface area (TPSA) is 69.6 Å². The number of amides is 1. The molecule has 2 rings (SSSR count). The average Bonchev–Trinajstić information content (AvgIpc) is 2.47. The molecule has 1 fully saturated rings. The molecule has 2 N–H and O–H groups in total. The van der Waals surface area contributed by atoms with Crippen molar-refractivity contribution in [2.45, 2.75) is 25.8 Å². The van der Waals surface area contributed by atoms with E-state index >= 15 is 0 Å². The van der Waals surface area contributed by atoms with Crippen LogP contribution in [0.4, 0.5) is 5.69 Å². The van der Waals surface area contributed by atoms with Gasteiger partial charge >= 0.3 is 5.97 Å². The quantitative estimate of drug-likeness (QED) is 0.894. The summed E-state index contributed by atoms with van der Waals surface area (Å²) in [6.07, 6.45) is 1.51. The van der Waals surface area contributed by atoms with Crippen LogP contribution in [0, 0.1) is 5.92 Å². The molecule has 1 amide bonds. The molecule has 0 aliphatic carbocycles. The van der Waals surface area contributed by atoms with Gasteiger partial charge in [0.15, 0.2) is 0 Å². The fourth-order valence-corrected chi connectivity index (χ4v) is 2.49. The number of carbonyl (C=O) groups excluding carboxylic acids is 1. The Labute approximate surface area is 130 Å². The monoisotopic (exact) mass is 312 g/mol. The summed E-state index contributed by atoms with van der Waals surface area (Å²) in [4.78, 5) is 25.2. The van der Waals surface area contributed by atoms with Crippen LogP contribution in [-0.4, -0.2) is 41.0 Å². The van der Waals surface area contributed by atoms with E-state index in [0.717, 1.165) is 18.7 Å². The highest BCUT2D eigenvalue weighted by Gasteiger charge is 2.30. The third-order valence-electron chi connectivity index (χ3n) is 3.77. The van der Waals surface area contributed by atoms with Gasteiger partial charge in [-0.1, -0.05) is 18.2 Å². The van der Waals surface area contributed by atoms with Crippen LogP contribution in [0.5, 0.6) is 0 Å². The fraction of sp³-hybridized carbons (Fsp3) is 0.467. The van der Waals surface area contributed by atoms with Crippen molar-refractivity contribution >= 4 is 30.0 Å². The van der Waals surface area contributed by atoms with E-state index < -0.39 is 5.97 Å². The number of anilines is 1. The first kappa shape index (κ1) is 17.5. The lowest BCUT2D eigenvalue weighted by Gasteiger charge is -2.34. The lowest BCUT2D eigenvalue weighted by atomic mass is 9.97. The number of nitrogens with zero attached hydrogens (tertiary/aromatic N) is 1. The van der Waals surface area contributed by atoms with Crippen LogP contribution in [0.15, 0.2) is 30.3 Å². The Kier molecular flexibility index (Phi) is 6.65. The van der Waals surface area contributed by atoms with Gasteiger partial charge in [-0.2, -0.15) is 0 Å². The molecule has 5 nitrogen and oxygen atoms in total. The van der Waals surface area contributed by atoms with Crippen LogP contribution in [0.25, 0.3) is 0 Å². The number of carboxylic acid groups (broad SMARTS) is 1. The molecule has 1 aliphatic heterocycles. The van der Waals surface area contributed by atoms with Crippen LogP contribution in [-0.2, 0) is 9.59 Å². The Morgan fingerprint density at radius 2 is 2.00 bits per heavy atom. The van der Waals surface area contributed by atoms with Crippen LogP contribution < -0.4 is 5.32 Å². The summed E-state index contributed by atoms with van der Waals surface area (Å²) >= 11 is 0. The van der Waals surface area contributed by atoms with Crippen LogP contribution in [0.2, 0.25) is 0 Å². The zero-order valence-electron chi connectivity index (χ0n) is 12.0. The number of rotatable bonds is 4. The van der Waals surface area contributed by atoms with Gasteiger partial charge < -0.3 is 10.4 Å². The molecule has 0 spiro atoms. The van der Waals surface area contributed by atoms with Gasteiger partial charge in [0, 0.05) is 12.2 Å². The minimum absolute atomic E-state index is 0. The Morgan fingerprint density at radius 3 is 2.62 bits per heavy atom. The molecule has 1 aromatic rings. The molecule has 1 heterocycles. The van der Waals surface area contributed by atoms with Gasteiger partial charge in [-0.3, -0.25) is 14.5 Å². The minimum Gasteiger partial charge on any atom is -0.481 e. The summed E-state index contributed by atoms with van der Waals surface area (Å²) in [5.41, 5.74) is 0.760. The Balaban J connectivity index is 0.00000220. The van der Waals surface area contributed by atoms with E-state index in [0.29, 0.717) is 13.0 Å². The first-order valence-electron chi connectivity index (χ1n) is 6.90. The number of carbonyl (C=O) groups is 2. The maximum absolute atomic E-state index is 12.2. The van der Waals surface area contributed by atoms with Crippen molar-refractivity contribution in [3.8, 4) is 0 Å². The smallest absolute Gasteiger partial charge is 0.307 e. The van der Waals surface area contributed by atoms with Crippen molar-refractivity contribution in [1.82, 2.24) is 4.90 Å². The number of piperidine rings is 1. The predicted molar refractivity (Wildman–Crippen MR) is 83.7 cm³/mol. The van der Waals surface area contributed by atoms with Gasteiger partial charge in [0.05, 0.1) is 12.0 Å². The largest absolute Gasteiger partial charge is 0.481 e. The number of halogens is 1. The summed E-state index contributed by atoms with van der Waals surface area (Å²) in [6.45, 7) is 3.04. The molecule has 0 saturated carbocycles. The van der Waals surface area contributed by atoms with Crippen molar-refractivity contribution in [3.05, 3.63) is 30.3 Å². The molecule has 116 valence electrons. The Hall–Kier alpha value is -1.59. The van der Waals surface area contributed by atoms with E-state index in [1.54, 1.807) is 0 Å². The molecule has 0 aromatic heterocycles. The van der Waals surface area contributed by atoms with Gasteiger partial charge in [0.25, 0.3) is 0 Å². The van der Waals surface area contributed by atoms with Crippen LogP contribution in [0.1, 0.15) is 19.8 Å². The summed E-state index contributed by atoms with van der Waals surface area (Å²) in [5, 5.41) is 11.9. The van der Waals surface area contributed by atoms with Gasteiger partial charge in [0.1, 0.15) is 0 Å². The lowest BCUT2D eigenvalue weighted by Crippen LogP contribution is -2.48. The molecule has 0 bridgehead atoms. The molecule has 0 radical (unpaired) electrons. The predicted octanol–water partition coefficient (Wildman–Crippen LogP) is 2.23. The molecule has 6 heteroatoms. The lowest BCUT2D eigenvalue weighted by molar-refractivity contribution is -0.144. The summed E-state index contributed by atoms with van der Waals surface area (Å²) < 4.78 is 0. The van der Waals surface area contributed by atoms with Gasteiger partial charge in [-0.05, 0) is 38.4 Å². The second-order valence-electron chi connectivity index (χ2n) is 5.20. The standard InChI is InChI=1S/C15H20N2O3.ClH/c1-11(14(18)16-13-7-3-2-4-8-13)17-9-5-6-12(10-17)15(19)20;/h2-4,7-8,11-12H,5-6,9-10H2,1H3,(H,16,18)(H,19,20);1H. The Bertz CT molecular complexity index is 481. The third-order valence-corrected chi connectivity index (χ3v) is 3.77. The SMILES string of the molecule is CC(C(=O)Nc1ccccc1)N1CCCC(C(=O)O)C1.Cl. The van der Waals surface area contributed by atoms with E-state index in [4.69, 9.17) is 5.11 Å². The number of hydrogen-bond acceptors (Lipinski definition) is 3. The number of hydrogen-bond donors (Lipinski definition) is 2. The average molecular weight is 313 g/mol. The number of nitrogens with one attached hydrogen (secondary N) is 1. The van der Waals surface area contributed by atoms with E-state index in [1.165, 1.54) is 0 Å². The van der Waals surface area contributed by atoms with Crippen molar-refractivity contribution in [1.29, 1.82) is 0 Å². The molecule has 2 unspecified atom stereocenters. The van der Waals surface area contributed by atoms with Crippen molar-refractivity contribution in [3.63, 3.8) is 0 Å². The summed E-state index contributed by atoms with van der Waals surface area (Å²) in [6, 6.07) is 8.96. The first-order valence-corrected chi connectivity index (χ1v) is 6.90. The van der Waals surface area contributed by atoms with E-state index in [2.05, 4.69) is 5.32 Å². The number of benzene rings is 1. The molecule has 21 heavy (non-hydrogen) atoms. The molecule has 1 saturated heterocycles. The van der Waals surface area contributed by atoms with Crippen LogP contribution in [0.3, 0.4) is 0 Å². The zero-order chi connectivity index (χ0) is 14.5. The third kappa shape index (κ3) is 4.72. The zero-order valence-corrected chi connectivity index (χ0v) is 12.8. The normalized spacial score (nSPS) is 20.1. The van der Waals surface area contributed by atoms with E-state index in [-0.39, 0.29) is 30.3 Å². The molecular weight excluding hydrogens is 292 g/mol. The van der Waals surface area contributed by atoms with Crippen molar-refractivity contribution < 1.29 is 14.7 Å². The maximum atomic E-state index is 12.2. The Morgan fingerprint density at radius 1 is 1.33 bits per heavy atom. The second-order valence-corrected chi connectivity index (χ2v) is 5.20. The fourth-order valence-electron chi connectivity index (χ4n) is 2.49. The summed E-state index contributed by atoms with van der Waals surface area (Å²) in [7, 11) is 0. The van der Waals surface area contributed by atoms with E-state index in [1.807, 2.05) is 42.2 Å². The molecule has 2 atom stereocenters. The van der Waals surface area contributed by atoms with Gasteiger partial charge in [-0.15, -0.1) is 12.4 Å². The van der Waals surface area contributed by atoms with Crippen molar-refractivity contribution in [2.24, 2.45) is 5.92 Å². The highest BCUT2D eigenvalue weighted by molar-refractivity contribution is 5.94. The molecule has 1 aromatic carbocycles. The highest BCUT2D eigenvalue weighted by Crippen LogP contribution is 2.19. The van der Waals surface area contributed by atoms with Crippen molar-refractivity contribution in [2.75, 3.05) is 18.4 Å². The van der Waals surface area contributed by atoms with Gasteiger partial charge in [0.2, 0.25) is 5.91 Å². The van der Waals surface area contributed by atoms with Crippen LogP contribution >= 0.6 is 12.4 Å². The maximum Gasteiger partial charge on any atom is 0.307 e. The number of aliphatic carboxylic acids is 1.